The maximum absolute atomic E-state index is 14.4. The highest BCUT2D eigenvalue weighted by molar-refractivity contribution is 6.17. The third kappa shape index (κ3) is 4.59. The number of carbonyl (C=O) groups is 1. The second-order valence-electron chi connectivity index (χ2n) is 11.0. The molecule has 1 amide bonds. The Bertz CT molecular complexity index is 1910. The number of hydrogen-bond acceptors (Lipinski definition) is 7. The van der Waals surface area contributed by atoms with Crippen LogP contribution in [0.1, 0.15) is 29.7 Å². The Morgan fingerprint density at radius 2 is 1.90 bits per heavy atom. The first kappa shape index (κ1) is 26.0. The first-order valence-electron chi connectivity index (χ1n) is 13.7. The number of methoxy groups -OCH3 is 1. The summed E-state index contributed by atoms with van der Waals surface area (Å²) in [6.45, 7) is 0.275. The number of anilines is 1. The Hall–Kier alpha value is -4.96. The van der Waals surface area contributed by atoms with Crippen molar-refractivity contribution in [1.29, 1.82) is 0 Å². The van der Waals surface area contributed by atoms with Gasteiger partial charge in [-0.2, -0.15) is 0 Å². The first-order chi connectivity index (χ1) is 20.3. The van der Waals surface area contributed by atoms with E-state index in [9.17, 15) is 9.18 Å². The molecule has 0 unspecified atom stereocenters. The van der Waals surface area contributed by atoms with Crippen molar-refractivity contribution in [3.8, 4) is 28.1 Å². The van der Waals surface area contributed by atoms with Crippen LogP contribution in [-0.2, 0) is 10.3 Å². The van der Waals surface area contributed by atoms with Crippen LogP contribution in [0.25, 0.3) is 33.4 Å². The van der Waals surface area contributed by atoms with Gasteiger partial charge in [-0.3, -0.25) is 19.8 Å². The number of rotatable bonds is 7. The zero-order valence-electron chi connectivity index (χ0n) is 23.4. The van der Waals surface area contributed by atoms with Crippen LogP contribution >= 0.6 is 0 Å². The molecule has 42 heavy (non-hydrogen) atoms. The normalized spacial score (nSPS) is 14.7. The average molecular weight is 562 g/mol. The van der Waals surface area contributed by atoms with E-state index in [1.807, 2.05) is 50.6 Å². The quantitative estimate of drug-likeness (QED) is 0.284. The van der Waals surface area contributed by atoms with Crippen LogP contribution in [0.4, 0.5) is 10.1 Å². The molecule has 0 bridgehead atoms. The first-order valence-corrected chi connectivity index (χ1v) is 13.7. The Labute approximate surface area is 241 Å². The molecular formula is C32H28FN7O2. The number of amides is 1. The van der Waals surface area contributed by atoms with Crippen molar-refractivity contribution < 1.29 is 13.9 Å². The highest BCUT2D eigenvalue weighted by Gasteiger charge is 2.50. The lowest BCUT2D eigenvalue weighted by atomic mass is 9.98. The summed E-state index contributed by atoms with van der Waals surface area (Å²) in [5.74, 6) is -0.0357. The number of aromatic nitrogens is 4. The maximum Gasteiger partial charge on any atom is 0.238 e. The van der Waals surface area contributed by atoms with Crippen LogP contribution in [0, 0.1) is 5.82 Å². The van der Waals surface area contributed by atoms with Crippen molar-refractivity contribution in [2.45, 2.75) is 18.4 Å². The van der Waals surface area contributed by atoms with Gasteiger partial charge in [0.05, 0.1) is 48.2 Å². The van der Waals surface area contributed by atoms with E-state index < -0.39 is 0 Å². The van der Waals surface area contributed by atoms with Gasteiger partial charge < -0.3 is 19.9 Å². The van der Waals surface area contributed by atoms with E-state index in [4.69, 9.17) is 14.7 Å². The van der Waals surface area contributed by atoms with Crippen molar-refractivity contribution in [1.82, 2.24) is 24.8 Å². The monoisotopic (exact) mass is 561 g/mol. The van der Waals surface area contributed by atoms with Crippen LogP contribution in [0.2, 0.25) is 0 Å². The molecule has 9 nitrogen and oxygen atoms in total. The summed E-state index contributed by atoms with van der Waals surface area (Å²) in [4.78, 5) is 36.4. The van der Waals surface area contributed by atoms with Crippen LogP contribution in [-0.4, -0.2) is 64.2 Å². The van der Waals surface area contributed by atoms with Gasteiger partial charge in [0.15, 0.2) is 0 Å². The number of aromatic amines is 1. The lowest BCUT2D eigenvalue weighted by molar-refractivity contribution is -0.116. The smallest absolute Gasteiger partial charge is 0.238 e. The summed E-state index contributed by atoms with van der Waals surface area (Å²) in [6.07, 6.45) is 8.91. The van der Waals surface area contributed by atoms with E-state index in [0.717, 1.165) is 57.6 Å². The number of hydrogen-bond donors (Lipinski definition) is 2. The number of nitrogens with one attached hydrogen (secondary N) is 2. The molecule has 1 fully saturated rings. The summed E-state index contributed by atoms with van der Waals surface area (Å²) in [6, 6.07) is 12.5. The average Bonchev–Trinajstić information content (AvgIpc) is 3.50. The molecule has 5 heterocycles. The van der Waals surface area contributed by atoms with E-state index in [-0.39, 0.29) is 23.8 Å². The molecule has 1 aromatic carbocycles. The molecule has 4 aromatic heterocycles. The van der Waals surface area contributed by atoms with Crippen molar-refractivity contribution >= 4 is 28.3 Å². The van der Waals surface area contributed by atoms with Crippen molar-refractivity contribution in [3.63, 3.8) is 0 Å². The molecule has 210 valence electrons. The standard InChI is InChI=1S/C32H28FN7O2/c1-40(2)17-29(41)37-21-9-19(14-34-15-21)27-13-25-26(16-36-27)32(5-6-32)39-30(25)28-12-24-23(4-7-35-31(24)38-28)18-8-20(33)11-22(10-18)42-3/h4,7-16H,5-6,17H2,1-3H3,(H,35,38)(H,37,41). The number of pyridine rings is 3. The molecular weight excluding hydrogens is 533 g/mol. The number of aliphatic imine (C=N–C) groups is 1. The van der Waals surface area contributed by atoms with Gasteiger partial charge in [0.25, 0.3) is 0 Å². The van der Waals surface area contributed by atoms with Crippen molar-refractivity contribution in [2.75, 3.05) is 33.1 Å². The number of benzene rings is 1. The highest BCUT2D eigenvalue weighted by Crippen LogP contribution is 2.55. The molecule has 5 aromatic rings. The number of halogens is 1. The summed E-state index contributed by atoms with van der Waals surface area (Å²) in [5, 5.41) is 3.76. The summed E-state index contributed by atoms with van der Waals surface area (Å²) in [7, 11) is 5.21. The van der Waals surface area contributed by atoms with Gasteiger partial charge in [-0.25, -0.2) is 9.37 Å². The van der Waals surface area contributed by atoms with Crippen LogP contribution in [0.15, 0.2) is 72.2 Å². The third-order valence-electron chi connectivity index (χ3n) is 7.69. The number of H-pyrrole nitrogens is 1. The van der Waals surface area contributed by atoms with Gasteiger partial charge >= 0.3 is 0 Å². The second kappa shape index (κ2) is 9.85. The molecule has 0 radical (unpaired) electrons. The van der Waals surface area contributed by atoms with E-state index in [1.54, 1.807) is 23.5 Å². The zero-order chi connectivity index (χ0) is 29.0. The number of likely N-dealkylation sites (N-methyl/N-ethyl adjacent to an activating group) is 1. The number of nitrogens with zero attached hydrogens (tertiary/aromatic N) is 5. The molecule has 1 spiro atoms. The SMILES string of the molecule is COc1cc(F)cc(-c2ccnc3[nH]c(C4=NC5(CC5)c5cnc(-c6cncc(NC(=O)CN(C)C)c6)cc54)cc23)c1. The van der Waals surface area contributed by atoms with Crippen LogP contribution in [0.3, 0.4) is 0 Å². The molecule has 2 aliphatic rings. The van der Waals surface area contributed by atoms with Gasteiger partial charge in [0, 0.05) is 46.7 Å². The lowest BCUT2D eigenvalue weighted by Crippen LogP contribution is -2.27. The van der Waals surface area contributed by atoms with Crippen molar-refractivity contribution in [2.24, 2.45) is 4.99 Å². The Morgan fingerprint density at radius 3 is 2.69 bits per heavy atom. The second-order valence-corrected chi connectivity index (χ2v) is 11.0. The van der Waals surface area contributed by atoms with Gasteiger partial charge in [0.1, 0.15) is 17.2 Å². The molecule has 10 heteroatoms. The lowest BCUT2D eigenvalue weighted by Gasteiger charge is -2.11. The number of ether oxygens (including phenoxy) is 1. The summed E-state index contributed by atoms with van der Waals surface area (Å²) >= 11 is 0. The zero-order valence-corrected chi connectivity index (χ0v) is 23.4. The minimum atomic E-state index is -0.370. The van der Waals surface area contributed by atoms with Crippen LogP contribution < -0.4 is 10.1 Å². The minimum absolute atomic E-state index is 0.116. The van der Waals surface area contributed by atoms with Gasteiger partial charge in [-0.15, -0.1) is 0 Å². The maximum atomic E-state index is 14.4. The molecule has 0 atom stereocenters. The van der Waals surface area contributed by atoms with E-state index in [0.29, 0.717) is 22.6 Å². The molecule has 2 N–H and O–H groups in total. The predicted octanol–water partition coefficient (Wildman–Crippen LogP) is 5.17. The highest BCUT2D eigenvalue weighted by atomic mass is 19.1. The van der Waals surface area contributed by atoms with Crippen LogP contribution in [0.5, 0.6) is 5.75 Å². The summed E-state index contributed by atoms with van der Waals surface area (Å²) < 4.78 is 19.7. The Balaban J connectivity index is 1.27. The van der Waals surface area contributed by atoms with Crippen molar-refractivity contribution in [3.05, 3.63) is 89.9 Å². The minimum Gasteiger partial charge on any atom is -0.497 e. The Kier molecular flexibility index (Phi) is 6.09. The fourth-order valence-corrected chi connectivity index (χ4v) is 5.60. The largest absolute Gasteiger partial charge is 0.497 e. The number of carbonyl (C=O) groups excluding carboxylic acids is 1. The fraction of sp³-hybridized carbons (Fsp3) is 0.219. The molecule has 1 aliphatic carbocycles. The van der Waals surface area contributed by atoms with Gasteiger partial charge in [-0.05, 0) is 74.5 Å². The summed E-state index contributed by atoms with van der Waals surface area (Å²) in [5.41, 5.74) is 7.89. The topological polar surface area (TPSA) is 108 Å². The van der Waals surface area contributed by atoms with E-state index in [1.165, 1.54) is 19.2 Å². The molecule has 0 saturated heterocycles. The molecule has 7 rings (SSSR count). The van der Waals surface area contributed by atoms with E-state index in [2.05, 4.69) is 20.3 Å². The van der Waals surface area contributed by atoms with E-state index >= 15 is 0 Å². The predicted molar refractivity (Wildman–Crippen MR) is 159 cm³/mol. The molecule has 1 aliphatic heterocycles. The fourth-order valence-electron chi connectivity index (χ4n) is 5.60. The molecule has 1 saturated carbocycles. The van der Waals surface area contributed by atoms with Gasteiger partial charge in [-0.1, -0.05) is 0 Å². The Morgan fingerprint density at radius 1 is 1.05 bits per heavy atom. The number of fused-ring (bicyclic) bond motifs is 3. The third-order valence-corrected chi connectivity index (χ3v) is 7.69. The van der Waals surface area contributed by atoms with Gasteiger partial charge in [0.2, 0.25) is 5.91 Å².